The zero-order valence-corrected chi connectivity index (χ0v) is 17.0. The molecule has 0 radical (unpaired) electrons. The van der Waals surface area contributed by atoms with E-state index in [4.69, 9.17) is 9.47 Å². The minimum Gasteiger partial charge on any atom is -0.497 e. The second-order valence-electron chi connectivity index (χ2n) is 5.96. The molecule has 0 aliphatic carbocycles. The Morgan fingerprint density at radius 3 is 2.27 bits per heavy atom. The fraction of sp³-hybridized carbons (Fsp3) is 0.150. The Morgan fingerprint density at radius 1 is 0.967 bits per heavy atom. The van der Waals surface area contributed by atoms with Crippen molar-refractivity contribution in [3.05, 3.63) is 60.9 Å². The monoisotopic (exact) mass is 429 g/mol. The fourth-order valence-corrected chi connectivity index (χ4v) is 3.44. The minimum atomic E-state index is -3.88. The predicted molar refractivity (Wildman–Crippen MR) is 109 cm³/mol. The molecule has 156 valence electrons. The zero-order valence-electron chi connectivity index (χ0n) is 16.2. The van der Waals surface area contributed by atoms with Crippen molar-refractivity contribution in [2.45, 2.75) is 4.90 Å². The minimum absolute atomic E-state index is 0.0116. The number of benzene rings is 2. The van der Waals surface area contributed by atoms with Gasteiger partial charge in [-0.2, -0.15) is 0 Å². The number of nitrogens with zero attached hydrogens (tertiary/aromatic N) is 2. The average molecular weight is 429 g/mol. The highest BCUT2D eigenvalue weighted by Gasteiger charge is 2.16. The number of rotatable bonds is 8. The molecule has 0 bridgehead atoms. The summed E-state index contributed by atoms with van der Waals surface area (Å²) in [6.07, 6.45) is 1.28. The van der Waals surface area contributed by atoms with Gasteiger partial charge in [-0.05, 0) is 48.5 Å². The first-order valence-corrected chi connectivity index (χ1v) is 10.2. The first-order valence-electron chi connectivity index (χ1n) is 8.70. The molecule has 1 N–H and O–H groups in total. The van der Waals surface area contributed by atoms with Crippen molar-refractivity contribution in [3.63, 3.8) is 0 Å². The molecule has 1 aromatic heterocycles. The van der Waals surface area contributed by atoms with Crippen LogP contribution in [0, 0.1) is 0 Å². The van der Waals surface area contributed by atoms with E-state index in [1.54, 1.807) is 19.2 Å². The summed E-state index contributed by atoms with van der Waals surface area (Å²) in [5.41, 5.74) is 1.34. The number of esters is 1. The molecule has 0 saturated carbocycles. The Kier molecular flexibility index (Phi) is 6.48. The molecule has 0 unspecified atom stereocenters. The molecule has 3 rings (SSSR count). The molecule has 0 aliphatic rings. The van der Waals surface area contributed by atoms with Crippen LogP contribution in [-0.2, 0) is 19.6 Å². The van der Waals surface area contributed by atoms with Crippen LogP contribution < -0.4 is 14.2 Å². The second kappa shape index (κ2) is 9.23. The lowest BCUT2D eigenvalue weighted by atomic mass is 10.1. The molecule has 3 aromatic rings. The maximum Gasteiger partial charge on any atom is 0.343 e. The smallest absolute Gasteiger partial charge is 0.343 e. The standard InChI is InChI=1S/C20H19N3O6S/c1-27-15-5-3-14(4-6-15)18-11-19(22-13-21-18)23-30(25,26)17-9-7-16(8-10-17)29-12-20(24)28-2/h3-11,13H,12H2,1-2H3,(H,21,22,23). The van der Waals surface area contributed by atoms with Crippen LogP contribution in [0.2, 0.25) is 0 Å². The van der Waals surface area contributed by atoms with Crippen LogP contribution in [0.5, 0.6) is 11.5 Å². The Hall–Kier alpha value is -3.66. The van der Waals surface area contributed by atoms with Gasteiger partial charge in [-0.25, -0.2) is 23.2 Å². The summed E-state index contributed by atoms with van der Waals surface area (Å²) in [6, 6.07) is 14.3. The maximum atomic E-state index is 12.7. The molecule has 30 heavy (non-hydrogen) atoms. The summed E-state index contributed by atoms with van der Waals surface area (Å²) in [4.78, 5) is 19.3. The van der Waals surface area contributed by atoms with Crippen LogP contribution in [0.3, 0.4) is 0 Å². The van der Waals surface area contributed by atoms with Crippen molar-refractivity contribution in [2.75, 3.05) is 25.5 Å². The Morgan fingerprint density at radius 2 is 1.63 bits per heavy atom. The zero-order chi connectivity index (χ0) is 21.6. The molecule has 9 nitrogen and oxygen atoms in total. The highest BCUT2D eigenvalue weighted by atomic mass is 32.2. The van der Waals surface area contributed by atoms with E-state index < -0.39 is 16.0 Å². The summed E-state index contributed by atoms with van der Waals surface area (Å²) < 4.78 is 42.6. The van der Waals surface area contributed by atoms with Crippen molar-refractivity contribution in [2.24, 2.45) is 0 Å². The molecule has 0 spiro atoms. The van der Waals surface area contributed by atoms with Crippen LogP contribution in [0.25, 0.3) is 11.3 Å². The summed E-state index contributed by atoms with van der Waals surface area (Å²) in [7, 11) is -1.06. The maximum absolute atomic E-state index is 12.7. The van der Waals surface area contributed by atoms with E-state index in [1.165, 1.54) is 43.8 Å². The highest BCUT2D eigenvalue weighted by molar-refractivity contribution is 7.92. The molecule has 0 amide bonds. The molecular weight excluding hydrogens is 410 g/mol. The van der Waals surface area contributed by atoms with Crippen molar-refractivity contribution in [1.82, 2.24) is 9.97 Å². The van der Waals surface area contributed by atoms with Gasteiger partial charge in [-0.1, -0.05) is 0 Å². The van der Waals surface area contributed by atoms with E-state index in [1.807, 2.05) is 12.1 Å². The normalized spacial score (nSPS) is 10.9. The fourth-order valence-electron chi connectivity index (χ4n) is 2.45. The van der Waals surface area contributed by atoms with Gasteiger partial charge in [0.2, 0.25) is 0 Å². The number of hydrogen-bond donors (Lipinski definition) is 1. The Labute approximate surface area is 173 Å². The van der Waals surface area contributed by atoms with Gasteiger partial charge in [0.15, 0.2) is 6.61 Å². The van der Waals surface area contributed by atoms with Crippen LogP contribution in [0.1, 0.15) is 0 Å². The first kappa shape index (κ1) is 21.1. The van der Waals surface area contributed by atoms with E-state index in [-0.39, 0.29) is 17.3 Å². The summed E-state index contributed by atoms with van der Waals surface area (Å²) in [5.74, 6) is 0.627. The van der Waals surface area contributed by atoms with Gasteiger partial charge >= 0.3 is 5.97 Å². The molecule has 0 saturated heterocycles. The molecule has 0 aliphatic heterocycles. The molecule has 1 heterocycles. The number of carbonyl (C=O) groups excluding carboxylic acids is 1. The van der Waals surface area contributed by atoms with E-state index >= 15 is 0 Å². The third-order valence-electron chi connectivity index (χ3n) is 4.01. The molecule has 0 fully saturated rings. The van der Waals surface area contributed by atoms with Crippen LogP contribution >= 0.6 is 0 Å². The summed E-state index contributed by atoms with van der Waals surface area (Å²) in [6.45, 7) is -0.268. The van der Waals surface area contributed by atoms with Crippen molar-refractivity contribution in [3.8, 4) is 22.8 Å². The predicted octanol–water partition coefficient (Wildman–Crippen LogP) is 2.50. The molecular formula is C20H19N3O6S. The van der Waals surface area contributed by atoms with E-state index in [0.717, 1.165) is 5.56 Å². The largest absolute Gasteiger partial charge is 0.497 e. The van der Waals surface area contributed by atoms with Gasteiger partial charge in [-0.15, -0.1) is 0 Å². The van der Waals surface area contributed by atoms with E-state index in [9.17, 15) is 13.2 Å². The van der Waals surface area contributed by atoms with Gasteiger partial charge in [-0.3, -0.25) is 4.72 Å². The topological polar surface area (TPSA) is 117 Å². The highest BCUT2D eigenvalue weighted by Crippen LogP contribution is 2.23. The van der Waals surface area contributed by atoms with E-state index in [0.29, 0.717) is 17.2 Å². The first-order chi connectivity index (χ1) is 14.4. The lowest BCUT2D eigenvalue weighted by Crippen LogP contribution is -2.15. The number of aromatic nitrogens is 2. The van der Waals surface area contributed by atoms with Gasteiger partial charge in [0, 0.05) is 11.6 Å². The number of carbonyl (C=O) groups is 1. The number of nitrogens with one attached hydrogen (secondary N) is 1. The van der Waals surface area contributed by atoms with Gasteiger partial charge in [0.05, 0.1) is 24.8 Å². The van der Waals surface area contributed by atoms with Crippen LogP contribution in [-0.4, -0.2) is 45.2 Å². The van der Waals surface area contributed by atoms with E-state index in [2.05, 4.69) is 19.4 Å². The third kappa shape index (κ3) is 5.23. The third-order valence-corrected chi connectivity index (χ3v) is 5.38. The van der Waals surface area contributed by atoms with Crippen molar-refractivity contribution >= 4 is 21.8 Å². The van der Waals surface area contributed by atoms with Crippen molar-refractivity contribution < 1.29 is 27.4 Å². The van der Waals surface area contributed by atoms with Crippen molar-refractivity contribution in [1.29, 1.82) is 0 Å². The molecule has 10 heteroatoms. The number of methoxy groups -OCH3 is 2. The lowest BCUT2D eigenvalue weighted by molar-refractivity contribution is -0.142. The van der Waals surface area contributed by atoms with Crippen LogP contribution in [0.4, 0.5) is 5.82 Å². The van der Waals surface area contributed by atoms with Gasteiger partial charge in [0.25, 0.3) is 10.0 Å². The quantitative estimate of drug-likeness (QED) is 0.543. The molecule has 0 atom stereocenters. The second-order valence-corrected chi connectivity index (χ2v) is 7.64. The number of sulfonamides is 1. The lowest BCUT2D eigenvalue weighted by Gasteiger charge is -2.10. The average Bonchev–Trinajstić information content (AvgIpc) is 2.77. The SMILES string of the molecule is COC(=O)COc1ccc(S(=O)(=O)Nc2cc(-c3ccc(OC)cc3)ncn2)cc1. The molecule has 2 aromatic carbocycles. The summed E-state index contributed by atoms with van der Waals surface area (Å²) >= 11 is 0. The van der Waals surface area contributed by atoms with Crippen LogP contribution in [0.15, 0.2) is 65.8 Å². The number of hydrogen-bond acceptors (Lipinski definition) is 8. The number of ether oxygens (including phenoxy) is 3. The van der Waals surface area contributed by atoms with Gasteiger partial charge in [0.1, 0.15) is 23.6 Å². The Bertz CT molecular complexity index is 1120. The number of anilines is 1. The van der Waals surface area contributed by atoms with Gasteiger partial charge < -0.3 is 14.2 Å². The summed E-state index contributed by atoms with van der Waals surface area (Å²) in [5, 5.41) is 0. The Balaban J connectivity index is 1.74.